The van der Waals surface area contributed by atoms with Crippen LogP contribution in [0.2, 0.25) is 0 Å². The molecule has 0 spiro atoms. The lowest BCUT2D eigenvalue weighted by Crippen LogP contribution is -2.42. The zero-order chi connectivity index (χ0) is 14.7. The number of nitrogens with zero attached hydrogens (tertiary/aromatic N) is 2. The minimum absolute atomic E-state index is 0.148. The Labute approximate surface area is 122 Å². The lowest BCUT2D eigenvalue weighted by Gasteiger charge is -2.27. The molecule has 1 aliphatic rings. The zero-order valence-corrected chi connectivity index (χ0v) is 11.7. The standard InChI is InChI=1S/C15H18N4O2/c16-14(20)13-10-21-15(18-13)12-3-1-11(2-4-12)9-19-7-5-17-6-8-19/h1-4,10,17H,5-9H2,(H2,16,20). The fourth-order valence-electron chi connectivity index (χ4n) is 2.40. The quantitative estimate of drug-likeness (QED) is 0.870. The number of nitrogens with one attached hydrogen (secondary N) is 1. The van der Waals surface area contributed by atoms with Gasteiger partial charge >= 0.3 is 0 Å². The number of rotatable bonds is 4. The first-order chi connectivity index (χ1) is 10.2. The zero-order valence-electron chi connectivity index (χ0n) is 11.7. The third kappa shape index (κ3) is 3.29. The highest BCUT2D eigenvalue weighted by Crippen LogP contribution is 2.19. The smallest absolute Gasteiger partial charge is 0.270 e. The monoisotopic (exact) mass is 286 g/mol. The van der Waals surface area contributed by atoms with Crippen LogP contribution >= 0.6 is 0 Å². The van der Waals surface area contributed by atoms with Gasteiger partial charge in [0, 0.05) is 38.3 Å². The molecule has 1 aromatic carbocycles. The van der Waals surface area contributed by atoms with Gasteiger partial charge in [0.2, 0.25) is 5.89 Å². The largest absolute Gasteiger partial charge is 0.444 e. The Hall–Kier alpha value is -2.18. The number of primary amides is 1. The summed E-state index contributed by atoms with van der Waals surface area (Å²) in [4.78, 5) is 17.5. The van der Waals surface area contributed by atoms with Crippen molar-refractivity contribution in [2.45, 2.75) is 6.54 Å². The van der Waals surface area contributed by atoms with Crippen molar-refractivity contribution in [1.82, 2.24) is 15.2 Å². The predicted octanol–water partition coefficient (Wildman–Crippen LogP) is 0.846. The maximum Gasteiger partial charge on any atom is 0.270 e. The number of nitrogens with two attached hydrogens (primary N) is 1. The third-order valence-corrected chi connectivity index (χ3v) is 3.57. The van der Waals surface area contributed by atoms with Gasteiger partial charge in [0.05, 0.1) is 0 Å². The molecule has 110 valence electrons. The van der Waals surface area contributed by atoms with E-state index in [0.29, 0.717) is 5.89 Å². The third-order valence-electron chi connectivity index (χ3n) is 3.57. The average molecular weight is 286 g/mol. The van der Waals surface area contributed by atoms with E-state index in [4.69, 9.17) is 10.2 Å². The maximum absolute atomic E-state index is 11.0. The van der Waals surface area contributed by atoms with Crippen LogP contribution in [0.3, 0.4) is 0 Å². The van der Waals surface area contributed by atoms with Crippen LogP contribution < -0.4 is 11.1 Å². The van der Waals surface area contributed by atoms with Crippen molar-refractivity contribution in [3.63, 3.8) is 0 Å². The number of carbonyl (C=O) groups excluding carboxylic acids is 1. The molecule has 0 bridgehead atoms. The number of piperazine rings is 1. The fourth-order valence-corrected chi connectivity index (χ4v) is 2.40. The van der Waals surface area contributed by atoms with Gasteiger partial charge in [-0.05, 0) is 17.7 Å². The molecule has 21 heavy (non-hydrogen) atoms. The van der Waals surface area contributed by atoms with Crippen molar-refractivity contribution < 1.29 is 9.21 Å². The number of oxazole rings is 1. The first kappa shape index (κ1) is 13.8. The molecule has 0 unspecified atom stereocenters. The van der Waals surface area contributed by atoms with Crippen molar-refractivity contribution in [3.05, 3.63) is 41.8 Å². The maximum atomic E-state index is 11.0. The van der Waals surface area contributed by atoms with E-state index in [9.17, 15) is 4.79 Å². The first-order valence-corrected chi connectivity index (χ1v) is 7.00. The summed E-state index contributed by atoms with van der Waals surface area (Å²) < 4.78 is 5.27. The van der Waals surface area contributed by atoms with E-state index in [1.54, 1.807) is 0 Å². The van der Waals surface area contributed by atoms with Crippen molar-refractivity contribution in [2.24, 2.45) is 5.73 Å². The number of benzene rings is 1. The Kier molecular flexibility index (Phi) is 3.98. The van der Waals surface area contributed by atoms with Crippen LogP contribution in [-0.4, -0.2) is 42.0 Å². The van der Waals surface area contributed by atoms with E-state index in [0.717, 1.165) is 38.3 Å². The molecule has 1 aliphatic heterocycles. The van der Waals surface area contributed by atoms with Crippen molar-refractivity contribution >= 4 is 5.91 Å². The summed E-state index contributed by atoms with van der Waals surface area (Å²) in [6, 6.07) is 8.03. The SMILES string of the molecule is NC(=O)c1coc(-c2ccc(CN3CCNCC3)cc2)n1. The summed E-state index contributed by atoms with van der Waals surface area (Å²) in [5.74, 6) is -0.169. The van der Waals surface area contributed by atoms with Gasteiger partial charge in [0.1, 0.15) is 6.26 Å². The predicted molar refractivity (Wildman–Crippen MR) is 78.6 cm³/mol. The van der Waals surface area contributed by atoms with E-state index < -0.39 is 5.91 Å². The highest BCUT2D eigenvalue weighted by molar-refractivity contribution is 5.90. The van der Waals surface area contributed by atoms with Crippen molar-refractivity contribution in [2.75, 3.05) is 26.2 Å². The molecule has 6 heteroatoms. The number of carbonyl (C=O) groups is 1. The van der Waals surface area contributed by atoms with Crippen molar-refractivity contribution in [1.29, 1.82) is 0 Å². The summed E-state index contributed by atoms with van der Waals surface area (Å²) in [6.45, 7) is 5.18. The van der Waals surface area contributed by atoms with Crippen LogP contribution in [0.15, 0.2) is 34.9 Å². The number of hydrogen-bond acceptors (Lipinski definition) is 5. The molecule has 0 saturated carbocycles. The molecule has 0 aliphatic carbocycles. The number of hydrogen-bond donors (Lipinski definition) is 2. The summed E-state index contributed by atoms with van der Waals surface area (Å²) in [7, 11) is 0. The molecule has 2 heterocycles. The van der Waals surface area contributed by atoms with E-state index >= 15 is 0 Å². The highest BCUT2D eigenvalue weighted by Gasteiger charge is 2.12. The molecule has 0 radical (unpaired) electrons. The van der Waals surface area contributed by atoms with Crippen LogP contribution in [0.1, 0.15) is 16.1 Å². The minimum atomic E-state index is -0.583. The molecule has 0 atom stereocenters. The van der Waals surface area contributed by atoms with Gasteiger partial charge in [-0.25, -0.2) is 4.98 Å². The van der Waals surface area contributed by atoms with Gasteiger partial charge in [-0.1, -0.05) is 12.1 Å². The second kappa shape index (κ2) is 6.07. The van der Waals surface area contributed by atoms with Crippen LogP contribution in [0.25, 0.3) is 11.5 Å². The average Bonchev–Trinajstić information content (AvgIpc) is 2.99. The number of amides is 1. The summed E-state index contributed by atoms with van der Waals surface area (Å²) in [6.07, 6.45) is 1.28. The Morgan fingerprint density at radius 1 is 1.29 bits per heavy atom. The van der Waals surface area contributed by atoms with E-state index in [-0.39, 0.29) is 5.69 Å². The van der Waals surface area contributed by atoms with Crippen LogP contribution in [0, 0.1) is 0 Å². The first-order valence-electron chi connectivity index (χ1n) is 7.00. The highest BCUT2D eigenvalue weighted by atomic mass is 16.3. The van der Waals surface area contributed by atoms with E-state index in [1.165, 1.54) is 11.8 Å². The van der Waals surface area contributed by atoms with Crippen molar-refractivity contribution in [3.8, 4) is 11.5 Å². The molecular weight excluding hydrogens is 268 g/mol. The second-order valence-electron chi connectivity index (χ2n) is 5.13. The summed E-state index contributed by atoms with van der Waals surface area (Å²) in [5.41, 5.74) is 7.40. The molecule has 3 N–H and O–H groups in total. The van der Waals surface area contributed by atoms with E-state index in [2.05, 4.69) is 27.3 Å². The Balaban J connectivity index is 1.69. The lowest BCUT2D eigenvalue weighted by molar-refractivity contribution is 0.0995. The molecule has 1 fully saturated rings. The van der Waals surface area contributed by atoms with Gasteiger partial charge in [-0.2, -0.15) is 0 Å². The Morgan fingerprint density at radius 3 is 2.62 bits per heavy atom. The summed E-state index contributed by atoms with van der Waals surface area (Å²) >= 11 is 0. The van der Waals surface area contributed by atoms with Gasteiger partial charge in [0.15, 0.2) is 5.69 Å². The van der Waals surface area contributed by atoms with Gasteiger partial charge in [-0.15, -0.1) is 0 Å². The molecule has 1 aromatic heterocycles. The minimum Gasteiger partial charge on any atom is -0.444 e. The van der Waals surface area contributed by atoms with Gasteiger partial charge in [0.25, 0.3) is 5.91 Å². The molecule has 1 saturated heterocycles. The van der Waals surface area contributed by atoms with Crippen LogP contribution in [0.5, 0.6) is 0 Å². The Bertz CT molecular complexity index is 615. The van der Waals surface area contributed by atoms with Gasteiger partial charge < -0.3 is 15.5 Å². The fraction of sp³-hybridized carbons (Fsp3) is 0.333. The van der Waals surface area contributed by atoms with E-state index in [1.807, 2.05) is 12.1 Å². The second-order valence-corrected chi connectivity index (χ2v) is 5.13. The number of aromatic nitrogens is 1. The molecule has 6 nitrogen and oxygen atoms in total. The van der Waals surface area contributed by atoms with Crippen LogP contribution in [0.4, 0.5) is 0 Å². The molecule has 3 rings (SSSR count). The lowest BCUT2D eigenvalue weighted by atomic mass is 10.1. The Morgan fingerprint density at radius 2 is 2.00 bits per heavy atom. The molecule has 1 amide bonds. The summed E-state index contributed by atoms with van der Waals surface area (Å²) in [5, 5.41) is 3.34. The molecular formula is C15H18N4O2. The molecule has 2 aromatic rings. The van der Waals surface area contributed by atoms with Gasteiger partial charge in [-0.3, -0.25) is 9.69 Å². The van der Waals surface area contributed by atoms with Crippen LogP contribution in [-0.2, 0) is 6.54 Å². The normalized spacial score (nSPS) is 16.0. The topological polar surface area (TPSA) is 84.4 Å².